The third-order valence-electron chi connectivity index (χ3n) is 4.92. The normalized spacial score (nSPS) is 19.5. The molecule has 2 aromatic carbocycles. The number of ether oxygens (including phenoxy) is 1. The first-order chi connectivity index (χ1) is 12.8. The predicted octanol–water partition coefficient (Wildman–Crippen LogP) is 4.08. The fourth-order valence-corrected chi connectivity index (χ4v) is 3.61. The van der Waals surface area contributed by atoms with Crippen LogP contribution in [0.15, 0.2) is 60.7 Å². The molecular weight excluding hydrogens is 324 g/mol. The Morgan fingerprint density at radius 2 is 1.73 bits per heavy atom. The van der Waals surface area contributed by atoms with E-state index < -0.39 is 0 Å². The van der Waals surface area contributed by atoms with Crippen molar-refractivity contribution in [1.29, 1.82) is 0 Å². The molecule has 26 heavy (non-hydrogen) atoms. The number of carbonyl (C=O) groups excluding carboxylic acids is 1. The summed E-state index contributed by atoms with van der Waals surface area (Å²) < 4.78 is 5.60. The Balaban J connectivity index is 1.66. The lowest BCUT2D eigenvalue weighted by Gasteiger charge is -2.25. The van der Waals surface area contributed by atoms with E-state index in [0.717, 1.165) is 19.3 Å². The van der Waals surface area contributed by atoms with Gasteiger partial charge in [0.05, 0.1) is 0 Å². The molecule has 2 atom stereocenters. The Bertz CT molecular complexity index is 636. The summed E-state index contributed by atoms with van der Waals surface area (Å²) in [6, 6.07) is 21.3. The second-order valence-corrected chi connectivity index (χ2v) is 6.86. The number of alkyl carbamates (subject to hydrolysis) is 1. The Morgan fingerprint density at radius 3 is 2.31 bits per heavy atom. The van der Waals surface area contributed by atoms with Crippen LogP contribution in [0.5, 0.6) is 0 Å². The fraction of sp³-hybridized carbons (Fsp3) is 0.409. The molecule has 138 valence electrons. The first kappa shape index (κ1) is 18.5. The van der Waals surface area contributed by atoms with Crippen molar-refractivity contribution in [2.24, 2.45) is 0 Å². The minimum Gasteiger partial charge on any atom is -0.445 e. The van der Waals surface area contributed by atoms with Gasteiger partial charge in [-0.05, 0) is 17.5 Å². The smallest absolute Gasteiger partial charge is 0.407 e. The van der Waals surface area contributed by atoms with Gasteiger partial charge >= 0.3 is 6.09 Å². The zero-order valence-electron chi connectivity index (χ0n) is 15.4. The second-order valence-electron chi connectivity index (χ2n) is 6.86. The molecule has 1 aliphatic rings. The van der Waals surface area contributed by atoms with Crippen LogP contribution < -0.4 is 10.6 Å². The molecule has 1 heterocycles. The van der Waals surface area contributed by atoms with Crippen molar-refractivity contribution < 1.29 is 9.53 Å². The van der Waals surface area contributed by atoms with E-state index >= 15 is 0 Å². The summed E-state index contributed by atoms with van der Waals surface area (Å²) in [5, 5.41) is 6.40. The quantitative estimate of drug-likeness (QED) is 0.739. The van der Waals surface area contributed by atoms with Gasteiger partial charge in [-0.25, -0.2) is 4.79 Å². The lowest BCUT2D eigenvalue weighted by Crippen LogP contribution is -2.30. The highest BCUT2D eigenvalue weighted by Crippen LogP contribution is 2.32. The van der Waals surface area contributed by atoms with Gasteiger partial charge in [-0.1, -0.05) is 74.0 Å². The molecule has 0 unspecified atom stereocenters. The molecule has 0 saturated carbocycles. The lowest BCUT2D eigenvalue weighted by atomic mass is 9.84. The van der Waals surface area contributed by atoms with E-state index in [9.17, 15) is 4.79 Å². The highest BCUT2D eigenvalue weighted by atomic mass is 16.6. The molecule has 0 aliphatic carbocycles. The van der Waals surface area contributed by atoms with Crippen LogP contribution >= 0.6 is 0 Å². The van der Waals surface area contributed by atoms with E-state index in [2.05, 4.69) is 66.1 Å². The van der Waals surface area contributed by atoms with Crippen LogP contribution in [0.25, 0.3) is 0 Å². The summed E-state index contributed by atoms with van der Waals surface area (Å²) in [4.78, 5) is 11.9. The molecule has 1 fully saturated rings. The van der Waals surface area contributed by atoms with Crippen molar-refractivity contribution >= 4 is 6.09 Å². The summed E-state index contributed by atoms with van der Waals surface area (Å²) in [7, 11) is 0. The number of nitrogens with one attached hydrogen (secondary N) is 2. The predicted molar refractivity (Wildman–Crippen MR) is 104 cm³/mol. The highest BCUT2D eigenvalue weighted by Gasteiger charge is 2.34. The van der Waals surface area contributed by atoms with Crippen LogP contribution in [-0.2, 0) is 4.74 Å². The monoisotopic (exact) mass is 352 g/mol. The number of hydrogen-bond donors (Lipinski definition) is 2. The summed E-state index contributed by atoms with van der Waals surface area (Å²) in [5.74, 6) is 0.245. The van der Waals surface area contributed by atoms with Crippen molar-refractivity contribution in [1.82, 2.24) is 10.6 Å². The third kappa shape index (κ3) is 4.85. The zero-order valence-corrected chi connectivity index (χ0v) is 15.4. The number of amides is 1. The van der Waals surface area contributed by atoms with E-state index in [4.69, 9.17) is 4.74 Å². The lowest BCUT2D eigenvalue weighted by molar-refractivity contribution is 0.106. The van der Waals surface area contributed by atoms with Crippen LogP contribution in [0.3, 0.4) is 0 Å². The van der Waals surface area contributed by atoms with Gasteiger partial charge in [-0.2, -0.15) is 0 Å². The highest BCUT2D eigenvalue weighted by molar-refractivity contribution is 5.67. The molecule has 0 bridgehead atoms. The van der Waals surface area contributed by atoms with Gasteiger partial charge < -0.3 is 15.4 Å². The number of benzene rings is 2. The molecule has 0 aromatic heterocycles. The van der Waals surface area contributed by atoms with Gasteiger partial charge in [0.15, 0.2) is 0 Å². The molecule has 0 radical (unpaired) electrons. The molecule has 1 saturated heterocycles. The Labute approximate surface area is 156 Å². The molecular formula is C22H28N2O2. The SMILES string of the molecule is CCCCNC(=O)O[C@H]1CN[C@@H](C(c2ccccc2)c2ccccc2)C1. The Hall–Kier alpha value is -2.33. The maximum Gasteiger partial charge on any atom is 0.407 e. The Morgan fingerprint density at radius 1 is 1.12 bits per heavy atom. The van der Waals surface area contributed by atoms with Crippen molar-refractivity contribution in [3.8, 4) is 0 Å². The van der Waals surface area contributed by atoms with Crippen LogP contribution in [0.4, 0.5) is 4.79 Å². The fourth-order valence-electron chi connectivity index (χ4n) is 3.61. The largest absolute Gasteiger partial charge is 0.445 e. The van der Waals surface area contributed by atoms with E-state index in [1.165, 1.54) is 11.1 Å². The van der Waals surface area contributed by atoms with E-state index in [1.807, 2.05) is 12.1 Å². The average molecular weight is 352 g/mol. The molecule has 1 amide bonds. The third-order valence-corrected chi connectivity index (χ3v) is 4.92. The molecule has 2 aromatic rings. The van der Waals surface area contributed by atoms with Crippen molar-refractivity contribution in [2.75, 3.05) is 13.1 Å². The van der Waals surface area contributed by atoms with Crippen molar-refractivity contribution in [3.63, 3.8) is 0 Å². The summed E-state index contributed by atoms with van der Waals surface area (Å²) in [6.07, 6.45) is 2.46. The van der Waals surface area contributed by atoms with Gasteiger partial charge in [0.25, 0.3) is 0 Å². The number of hydrogen-bond acceptors (Lipinski definition) is 3. The van der Waals surface area contributed by atoms with E-state index in [-0.39, 0.29) is 24.2 Å². The number of unbranched alkanes of at least 4 members (excludes halogenated alkanes) is 1. The summed E-state index contributed by atoms with van der Waals surface area (Å²) in [6.45, 7) is 3.48. The molecule has 1 aliphatic heterocycles. The minimum atomic E-state index is -0.304. The number of carbonyl (C=O) groups is 1. The summed E-state index contributed by atoms with van der Waals surface area (Å²) >= 11 is 0. The molecule has 4 nitrogen and oxygen atoms in total. The van der Waals surface area contributed by atoms with Gasteiger partial charge in [0.2, 0.25) is 0 Å². The molecule has 0 spiro atoms. The van der Waals surface area contributed by atoms with Crippen molar-refractivity contribution in [2.45, 2.75) is 44.2 Å². The average Bonchev–Trinajstić information content (AvgIpc) is 3.12. The topological polar surface area (TPSA) is 50.4 Å². The Kier molecular flexibility index (Phi) is 6.67. The zero-order chi connectivity index (χ0) is 18.2. The summed E-state index contributed by atoms with van der Waals surface area (Å²) in [5.41, 5.74) is 2.56. The van der Waals surface area contributed by atoms with E-state index in [0.29, 0.717) is 13.1 Å². The maximum atomic E-state index is 11.9. The second kappa shape index (κ2) is 9.39. The van der Waals surface area contributed by atoms with Crippen molar-refractivity contribution in [3.05, 3.63) is 71.8 Å². The standard InChI is InChI=1S/C22H28N2O2/c1-2-3-14-23-22(25)26-19-15-20(24-16-19)21(17-10-6-4-7-11-17)18-12-8-5-9-13-18/h4-13,19-21,24H,2-3,14-16H2,1H3,(H,23,25)/t19-,20-/m1/s1. The van der Waals surface area contributed by atoms with E-state index in [1.54, 1.807) is 0 Å². The molecule has 2 N–H and O–H groups in total. The van der Waals surface area contributed by atoms with Gasteiger partial charge in [-0.3, -0.25) is 0 Å². The first-order valence-corrected chi connectivity index (χ1v) is 9.55. The van der Waals surface area contributed by atoms with Crippen LogP contribution in [0.2, 0.25) is 0 Å². The van der Waals surface area contributed by atoms with Gasteiger partial charge in [0, 0.05) is 31.5 Å². The van der Waals surface area contributed by atoms with Gasteiger partial charge in [-0.15, -0.1) is 0 Å². The minimum absolute atomic E-state index is 0.0865. The van der Waals surface area contributed by atoms with Gasteiger partial charge in [0.1, 0.15) is 6.10 Å². The molecule has 4 heteroatoms. The van der Waals surface area contributed by atoms with Crippen LogP contribution in [0.1, 0.15) is 43.2 Å². The van der Waals surface area contributed by atoms with Crippen LogP contribution in [0, 0.1) is 0 Å². The maximum absolute atomic E-state index is 11.9. The number of rotatable bonds is 7. The molecule has 3 rings (SSSR count). The van der Waals surface area contributed by atoms with Crippen LogP contribution in [-0.4, -0.2) is 31.3 Å². The first-order valence-electron chi connectivity index (χ1n) is 9.55.